The minimum atomic E-state index is -0.478. The Morgan fingerprint density at radius 1 is 1.20 bits per heavy atom. The predicted octanol–water partition coefficient (Wildman–Crippen LogP) is 4.42. The van der Waals surface area contributed by atoms with Crippen molar-refractivity contribution >= 4 is 5.91 Å². The van der Waals surface area contributed by atoms with E-state index in [-0.39, 0.29) is 17.7 Å². The van der Waals surface area contributed by atoms with Crippen LogP contribution in [-0.2, 0) is 11.2 Å². The zero-order chi connectivity index (χ0) is 21.8. The smallest absolute Gasteiger partial charge is 0.219 e. The minimum Gasteiger partial charge on any atom is -0.393 e. The molecule has 1 aromatic rings. The summed E-state index contributed by atoms with van der Waals surface area (Å²) in [6.45, 7) is 4.81. The highest BCUT2D eigenvalue weighted by Crippen LogP contribution is 2.36. The highest BCUT2D eigenvalue weighted by molar-refractivity contribution is 5.75. The molecule has 30 heavy (non-hydrogen) atoms. The highest BCUT2D eigenvalue weighted by atomic mass is 16.3. The number of carbonyl (C=O) groups excluding carboxylic acids is 1. The van der Waals surface area contributed by atoms with Gasteiger partial charge in [-0.3, -0.25) is 4.79 Å². The van der Waals surface area contributed by atoms with E-state index in [1.807, 2.05) is 13.0 Å². The summed E-state index contributed by atoms with van der Waals surface area (Å²) in [6, 6.07) is 10.5. The Morgan fingerprint density at radius 2 is 1.97 bits per heavy atom. The quantitative estimate of drug-likeness (QED) is 0.351. The zero-order valence-electron chi connectivity index (χ0n) is 18.5. The maximum atomic E-state index is 11.5. The maximum absolute atomic E-state index is 11.5. The number of aliphatic hydroxyl groups is 2. The fraction of sp³-hybridized carbons (Fsp3) is 0.577. The lowest BCUT2D eigenvalue weighted by molar-refractivity contribution is -0.121. The second-order valence-electron chi connectivity index (χ2n) is 8.55. The first kappa shape index (κ1) is 24.4. The van der Waals surface area contributed by atoms with Crippen LogP contribution >= 0.6 is 0 Å². The fourth-order valence-electron chi connectivity index (χ4n) is 4.20. The first-order valence-electron chi connectivity index (χ1n) is 11.5. The standard InChI is InChI=1S/C26H39NO3/c1-3-27-26(30)14-10-5-4-9-13-22-23(25(29)19-24(22)28)18-16-20(2)15-17-21-11-7-6-8-12-21/h4,6-9,11-12,16,18,20,22-25,28-29H,3,5,10,13-15,17,19H2,1-2H3,(H,27,30)/b9-4-,18-16+/t20-,22+,23+,24-,25+/m0/s1. The van der Waals surface area contributed by atoms with Crippen LogP contribution in [0.3, 0.4) is 0 Å². The normalized spacial score (nSPS) is 25.2. The molecule has 0 unspecified atom stereocenters. The van der Waals surface area contributed by atoms with E-state index >= 15 is 0 Å². The van der Waals surface area contributed by atoms with Crippen LogP contribution in [0.2, 0.25) is 0 Å². The molecule has 4 nitrogen and oxygen atoms in total. The van der Waals surface area contributed by atoms with Crippen molar-refractivity contribution in [3.05, 3.63) is 60.2 Å². The van der Waals surface area contributed by atoms with E-state index < -0.39 is 12.2 Å². The molecule has 166 valence electrons. The summed E-state index contributed by atoms with van der Waals surface area (Å²) in [5, 5.41) is 23.6. The summed E-state index contributed by atoms with van der Waals surface area (Å²) in [7, 11) is 0. The van der Waals surface area contributed by atoms with Gasteiger partial charge in [0.05, 0.1) is 12.2 Å². The Hall–Kier alpha value is -1.91. The van der Waals surface area contributed by atoms with Gasteiger partial charge in [-0.2, -0.15) is 0 Å². The number of hydrogen-bond donors (Lipinski definition) is 3. The summed E-state index contributed by atoms with van der Waals surface area (Å²) >= 11 is 0. The molecule has 0 spiro atoms. The van der Waals surface area contributed by atoms with Crippen molar-refractivity contribution in [2.24, 2.45) is 17.8 Å². The minimum absolute atomic E-state index is 0.000780. The molecular weight excluding hydrogens is 374 g/mol. The lowest BCUT2D eigenvalue weighted by Gasteiger charge is -2.20. The fourth-order valence-corrected chi connectivity index (χ4v) is 4.20. The molecule has 5 atom stereocenters. The average molecular weight is 414 g/mol. The lowest BCUT2D eigenvalue weighted by Crippen LogP contribution is -2.21. The number of aliphatic hydroxyl groups excluding tert-OH is 2. The van der Waals surface area contributed by atoms with Crippen molar-refractivity contribution in [1.29, 1.82) is 0 Å². The molecule has 0 aromatic heterocycles. The van der Waals surface area contributed by atoms with E-state index in [1.165, 1.54) is 5.56 Å². The van der Waals surface area contributed by atoms with E-state index in [1.54, 1.807) is 0 Å². The SMILES string of the molecule is CCNC(=O)CCC/C=C\C[C@@H]1[C@@H](/C=C/[C@@H](C)CCc2ccccc2)[C@H](O)C[C@@H]1O. The topological polar surface area (TPSA) is 69.6 Å². The Kier molecular flexibility index (Phi) is 10.9. The number of hydrogen-bond acceptors (Lipinski definition) is 3. The maximum Gasteiger partial charge on any atom is 0.219 e. The highest BCUT2D eigenvalue weighted by Gasteiger charge is 2.39. The average Bonchev–Trinajstić information content (AvgIpc) is 3.00. The monoisotopic (exact) mass is 413 g/mol. The van der Waals surface area contributed by atoms with E-state index in [0.717, 1.165) is 32.1 Å². The second-order valence-corrected chi connectivity index (χ2v) is 8.55. The molecule has 0 radical (unpaired) electrons. The third-order valence-corrected chi connectivity index (χ3v) is 6.03. The van der Waals surface area contributed by atoms with Gasteiger partial charge in [0.2, 0.25) is 5.91 Å². The molecule has 1 amide bonds. The zero-order valence-corrected chi connectivity index (χ0v) is 18.5. The van der Waals surface area contributed by atoms with E-state index in [0.29, 0.717) is 25.3 Å². The van der Waals surface area contributed by atoms with Gasteiger partial charge in [0, 0.05) is 25.3 Å². The lowest BCUT2D eigenvalue weighted by atomic mass is 9.88. The van der Waals surface area contributed by atoms with Crippen LogP contribution in [0.4, 0.5) is 0 Å². The van der Waals surface area contributed by atoms with Crippen LogP contribution in [0.5, 0.6) is 0 Å². The van der Waals surface area contributed by atoms with Crippen LogP contribution in [0, 0.1) is 17.8 Å². The molecule has 2 rings (SSSR count). The van der Waals surface area contributed by atoms with Gasteiger partial charge >= 0.3 is 0 Å². The second kappa shape index (κ2) is 13.4. The molecule has 0 aliphatic heterocycles. The third kappa shape index (κ3) is 8.45. The van der Waals surface area contributed by atoms with Gasteiger partial charge in [0.1, 0.15) is 0 Å². The summed E-state index contributed by atoms with van der Waals surface area (Å²) in [4.78, 5) is 11.5. The van der Waals surface area contributed by atoms with Crippen LogP contribution in [-0.4, -0.2) is 34.9 Å². The Labute approximate surface area is 182 Å². The van der Waals surface area contributed by atoms with Crippen molar-refractivity contribution in [2.45, 2.75) is 71.0 Å². The Morgan fingerprint density at radius 3 is 2.70 bits per heavy atom. The first-order chi connectivity index (χ1) is 14.5. The number of allylic oxidation sites excluding steroid dienone is 3. The Bertz CT molecular complexity index is 670. The van der Waals surface area contributed by atoms with Crippen molar-refractivity contribution in [3.63, 3.8) is 0 Å². The van der Waals surface area contributed by atoms with Crippen molar-refractivity contribution < 1.29 is 15.0 Å². The van der Waals surface area contributed by atoms with Crippen LogP contribution in [0.1, 0.15) is 57.9 Å². The largest absolute Gasteiger partial charge is 0.393 e. The van der Waals surface area contributed by atoms with E-state index in [9.17, 15) is 15.0 Å². The van der Waals surface area contributed by atoms with Gasteiger partial charge in [-0.15, -0.1) is 0 Å². The number of rotatable bonds is 12. The first-order valence-corrected chi connectivity index (χ1v) is 11.5. The van der Waals surface area contributed by atoms with Gasteiger partial charge in [-0.25, -0.2) is 0 Å². The number of nitrogens with one attached hydrogen (secondary N) is 1. The molecule has 1 aliphatic rings. The predicted molar refractivity (Wildman–Crippen MR) is 123 cm³/mol. The number of benzene rings is 1. The van der Waals surface area contributed by atoms with E-state index in [2.05, 4.69) is 60.8 Å². The number of unbranched alkanes of at least 4 members (excludes halogenated alkanes) is 1. The van der Waals surface area contributed by atoms with Crippen LogP contribution < -0.4 is 5.32 Å². The van der Waals surface area contributed by atoms with Gasteiger partial charge in [0.25, 0.3) is 0 Å². The number of amides is 1. The molecule has 1 saturated carbocycles. The van der Waals surface area contributed by atoms with Crippen LogP contribution in [0.15, 0.2) is 54.6 Å². The molecule has 1 aliphatic carbocycles. The summed E-state index contributed by atoms with van der Waals surface area (Å²) in [5.41, 5.74) is 1.35. The third-order valence-electron chi connectivity index (χ3n) is 6.03. The van der Waals surface area contributed by atoms with Gasteiger partial charge in [-0.1, -0.05) is 61.6 Å². The molecule has 1 fully saturated rings. The molecular formula is C26H39NO3. The van der Waals surface area contributed by atoms with Gasteiger partial charge < -0.3 is 15.5 Å². The van der Waals surface area contributed by atoms with Crippen molar-refractivity contribution in [3.8, 4) is 0 Å². The molecule has 0 saturated heterocycles. The molecule has 1 aromatic carbocycles. The van der Waals surface area contributed by atoms with Crippen molar-refractivity contribution in [2.75, 3.05) is 6.54 Å². The number of aryl methyl sites for hydroxylation is 1. The molecule has 4 heteroatoms. The van der Waals surface area contributed by atoms with Crippen LogP contribution in [0.25, 0.3) is 0 Å². The van der Waals surface area contributed by atoms with Crippen molar-refractivity contribution in [1.82, 2.24) is 5.32 Å². The summed E-state index contributed by atoms with van der Waals surface area (Å²) in [5.74, 6) is 0.587. The molecule has 0 bridgehead atoms. The Balaban J connectivity index is 1.78. The van der Waals surface area contributed by atoms with Gasteiger partial charge in [-0.05, 0) is 56.4 Å². The molecule has 3 N–H and O–H groups in total. The van der Waals surface area contributed by atoms with E-state index in [4.69, 9.17) is 0 Å². The summed E-state index contributed by atoms with van der Waals surface area (Å²) in [6.07, 6.45) is 13.2. The van der Waals surface area contributed by atoms with Gasteiger partial charge in [0.15, 0.2) is 0 Å². The number of carbonyl (C=O) groups is 1. The summed E-state index contributed by atoms with van der Waals surface area (Å²) < 4.78 is 0. The molecule has 0 heterocycles.